The summed E-state index contributed by atoms with van der Waals surface area (Å²) in [4.78, 5) is 42.0. The first-order valence-electron chi connectivity index (χ1n) is 10.1. The van der Waals surface area contributed by atoms with Crippen LogP contribution in [0.5, 0.6) is 0 Å². The van der Waals surface area contributed by atoms with Gasteiger partial charge in [0.2, 0.25) is 5.91 Å². The summed E-state index contributed by atoms with van der Waals surface area (Å²) in [6.45, 7) is 5.13. The third-order valence-corrected chi connectivity index (χ3v) is 5.71. The number of rotatable bonds is 4. The van der Waals surface area contributed by atoms with E-state index in [4.69, 9.17) is 0 Å². The molecule has 0 radical (unpaired) electrons. The third kappa shape index (κ3) is 4.01. The maximum absolute atomic E-state index is 12.8. The second-order valence-electron chi connectivity index (χ2n) is 7.58. The van der Waals surface area contributed by atoms with Gasteiger partial charge in [-0.1, -0.05) is 0 Å². The van der Waals surface area contributed by atoms with Crippen LogP contribution in [-0.2, 0) is 4.79 Å². The number of amides is 2. The first-order chi connectivity index (χ1) is 14.0. The van der Waals surface area contributed by atoms with Crippen molar-refractivity contribution in [1.29, 1.82) is 0 Å². The van der Waals surface area contributed by atoms with Crippen molar-refractivity contribution in [2.24, 2.45) is 0 Å². The lowest BCUT2D eigenvalue weighted by molar-refractivity contribution is -0.117. The van der Waals surface area contributed by atoms with E-state index in [0.717, 1.165) is 37.4 Å². The zero-order chi connectivity index (χ0) is 20.4. The van der Waals surface area contributed by atoms with Crippen molar-refractivity contribution >= 4 is 29.0 Å². The minimum absolute atomic E-state index is 0.0240. The quantitative estimate of drug-likeness (QED) is 0.752. The lowest BCUT2D eigenvalue weighted by Crippen LogP contribution is -2.48. The van der Waals surface area contributed by atoms with Crippen molar-refractivity contribution in [3.05, 3.63) is 59.7 Å². The molecule has 2 aromatic rings. The van der Waals surface area contributed by atoms with Gasteiger partial charge < -0.3 is 14.7 Å². The fraction of sp³-hybridized carbons (Fsp3) is 0.348. The Bertz CT molecular complexity index is 913. The van der Waals surface area contributed by atoms with Gasteiger partial charge in [0.05, 0.1) is 0 Å². The molecule has 2 saturated heterocycles. The molecule has 0 N–H and O–H groups in total. The maximum Gasteiger partial charge on any atom is 0.253 e. The lowest BCUT2D eigenvalue weighted by Gasteiger charge is -2.36. The van der Waals surface area contributed by atoms with E-state index in [-0.39, 0.29) is 17.6 Å². The SMILES string of the molecule is CC(=O)c1ccc(N2CCN(C(=O)c3ccc(N4CCCC4=O)cc3)CC2)cc1. The molecule has 2 amide bonds. The standard InChI is InChI=1S/C23H25N3O3/c1-17(27)18-4-8-20(9-5-18)24-13-15-25(16-14-24)23(29)19-6-10-21(11-7-19)26-12-2-3-22(26)28/h4-11H,2-3,12-16H2,1H3. The smallest absolute Gasteiger partial charge is 0.253 e. The van der Waals surface area contributed by atoms with Crippen LogP contribution in [-0.4, -0.2) is 55.2 Å². The molecule has 0 unspecified atom stereocenters. The Hall–Kier alpha value is -3.15. The number of hydrogen-bond acceptors (Lipinski definition) is 4. The van der Waals surface area contributed by atoms with E-state index in [1.807, 2.05) is 53.4 Å². The molecule has 6 nitrogen and oxygen atoms in total. The molecular weight excluding hydrogens is 366 g/mol. The van der Waals surface area contributed by atoms with Crippen molar-refractivity contribution in [2.75, 3.05) is 42.5 Å². The highest BCUT2D eigenvalue weighted by Crippen LogP contribution is 2.23. The minimum atomic E-state index is 0.0240. The summed E-state index contributed by atoms with van der Waals surface area (Å²) in [7, 11) is 0. The average molecular weight is 391 g/mol. The lowest BCUT2D eigenvalue weighted by atomic mass is 10.1. The first kappa shape index (κ1) is 19.2. The van der Waals surface area contributed by atoms with Gasteiger partial charge in [0.25, 0.3) is 5.91 Å². The van der Waals surface area contributed by atoms with E-state index in [2.05, 4.69) is 4.90 Å². The van der Waals surface area contributed by atoms with Crippen LogP contribution in [0.4, 0.5) is 11.4 Å². The Morgan fingerprint density at radius 3 is 1.90 bits per heavy atom. The molecule has 0 spiro atoms. The Labute approximate surface area is 170 Å². The molecule has 6 heteroatoms. The second-order valence-corrected chi connectivity index (χ2v) is 7.58. The molecule has 0 saturated carbocycles. The summed E-state index contributed by atoms with van der Waals surface area (Å²) in [5, 5.41) is 0. The number of nitrogens with zero attached hydrogens (tertiary/aromatic N) is 3. The molecular formula is C23H25N3O3. The van der Waals surface area contributed by atoms with Crippen molar-refractivity contribution in [3.63, 3.8) is 0 Å². The molecule has 150 valence electrons. The van der Waals surface area contributed by atoms with Crippen LogP contribution in [0.1, 0.15) is 40.5 Å². The van der Waals surface area contributed by atoms with Gasteiger partial charge in [-0.25, -0.2) is 0 Å². The minimum Gasteiger partial charge on any atom is -0.368 e. The monoisotopic (exact) mass is 391 g/mol. The van der Waals surface area contributed by atoms with Gasteiger partial charge in [-0.15, -0.1) is 0 Å². The Morgan fingerprint density at radius 1 is 0.759 bits per heavy atom. The van der Waals surface area contributed by atoms with Crippen LogP contribution >= 0.6 is 0 Å². The summed E-state index contributed by atoms with van der Waals surface area (Å²) in [6.07, 6.45) is 1.49. The van der Waals surface area contributed by atoms with Gasteiger partial charge >= 0.3 is 0 Å². The van der Waals surface area contributed by atoms with Gasteiger partial charge in [-0.3, -0.25) is 14.4 Å². The molecule has 0 aromatic heterocycles. The number of ketones is 1. The zero-order valence-corrected chi connectivity index (χ0v) is 16.6. The molecule has 2 aliphatic rings. The van der Waals surface area contributed by atoms with Gasteiger partial charge in [0, 0.05) is 61.6 Å². The van der Waals surface area contributed by atoms with Gasteiger partial charge in [-0.2, -0.15) is 0 Å². The number of carbonyl (C=O) groups excluding carboxylic acids is 3. The summed E-state index contributed by atoms with van der Waals surface area (Å²) < 4.78 is 0. The number of benzene rings is 2. The molecule has 0 bridgehead atoms. The molecule has 2 aliphatic heterocycles. The Kier molecular flexibility index (Phi) is 5.34. The number of hydrogen-bond donors (Lipinski definition) is 0. The van der Waals surface area contributed by atoms with Crippen molar-refractivity contribution in [2.45, 2.75) is 19.8 Å². The summed E-state index contributed by atoms with van der Waals surface area (Å²) in [5.41, 5.74) is 3.30. The zero-order valence-electron chi connectivity index (χ0n) is 16.6. The highest BCUT2D eigenvalue weighted by molar-refractivity contribution is 5.97. The van der Waals surface area contributed by atoms with Crippen LogP contribution in [0.3, 0.4) is 0 Å². The first-order valence-corrected chi connectivity index (χ1v) is 10.1. The van der Waals surface area contributed by atoms with Crippen LogP contribution in [0, 0.1) is 0 Å². The highest BCUT2D eigenvalue weighted by Gasteiger charge is 2.24. The van der Waals surface area contributed by atoms with Gasteiger partial charge in [-0.05, 0) is 61.9 Å². The van der Waals surface area contributed by atoms with Crippen LogP contribution in [0.25, 0.3) is 0 Å². The molecule has 0 atom stereocenters. The topological polar surface area (TPSA) is 60.9 Å². The van der Waals surface area contributed by atoms with Crippen molar-refractivity contribution < 1.29 is 14.4 Å². The van der Waals surface area contributed by atoms with E-state index >= 15 is 0 Å². The average Bonchev–Trinajstić information content (AvgIpc) is 3.19. The predicted octanol–water partition coefficient (Wildman–Crippen LogP) is 2.98. The fourth-order valence-electron chi connectivity index (χ4n) is 3.96. The summed E-state index contributed by atoms with van der Waals surface area (Å²) in [5.74, 6) is 0.236. The Balaban J connectivity index is 1.36. The third-order valence-electron chi connectivity index (χ3n) is 5.71. The number of carbonyl (C=O) groups is 3. The summed E-state index contributed by atoms with van der Waals surface area (Å²) >= 11 is 0. The number of anilines is 2. The largest absolute Gasteiger partial charge is 0.368 e. The molecule has 29 heavy (non-hydrogen) atoms. The highest BCUT2D eigenvalue weighted by atomic mass is 16.2. The second kappa shape index (κ2) is 8.07. The van der Waals surface area contributed by atoms with Crippen LogP contribution in [0.15, 0.2) is 48.5 Å². The van der Waals surface area contributed by atoms with Crippen LogP contribution in [0.2, 0.25) is 0 Å². The van der Waals surface area contributed by atoms with Gasteiger partial charge in [0.15, 0.2) is 5.78 Å². The molecule has 4 rings (SSSR count). The number of piperazine rings is 1. The Morgan fingerprint density at radius 2 is 1.34 bits per heavy atom. The van der Waals surface area contributed by atoms with E-state index in [1.54, 1.807) is 11.8 Å². The summed E-state index contributed by atoms with van der Waals surface area (Å²) in [6, 6.07) is 15.0. The molecule has 2 heterocycles. The van der Waals surface area contributed by atoms with Gasteiger partial charge in [0.1, 0.15) is 0 Å². The van der Waals surface area contributed by atoms with Crippen molar-refractivity contribution in [3.8, 4) is 0 Å². The van der Waals surface area contributed by atoms with E-state index in [9.17, 15) is 14.4 Å². The fourth-order valence-corrected chi connectivity index (χ4v) is 3.96. The van der Waals surface area contributed by atoms with E-state index in [1.165, 1.54) is 0 Å². The molecule has 0 aliphatic carbocycles. The number of Topliss-reactive ketones (excluding diaryl/α,β-unsaturated/α-hetero) is 1. The predicted molar refractivity (Wildman–Crippen MR) is 113 cm³/mol. The molecule has 2 fully saturated rings. The van der Waals surface area contributed by atoms with E-state index < -0.39 is 0 Å². The normalized spacial score (nSPS) is 17.0. The molecule has 2 aromatic carbocycles. The maximum atomic E-state index is 12.8. The van der Waals surface area contributed by atoms with E-state index in [0.29, 0.717) is 30.6 Å². The van der Waals surface area contributed by atoms with Crippen LogP contribution < -0.4 is 9.80 Å². The van der Waals surface area contributed by atoms with Crippen molar-refractivity contribution in [1.82, 2.24) is 4.90 Å².